The number of nitrogens with zero attached hydrogens (tertiary/aromatic N) is 1. The molecule has 0 heterocycles. The summed E-state index contributed by atoms with van der Waals surface area (Å²) in [4.78, 5) is 23.8. The van der Waals surface area contributed by atoms with E-state index in [4.69, 9.17) is 14.2 Å². The maximum Gasteiger partial charge on any atom is 0.344 e. The molecule has 0 aliphatic rings. The summed E-state index contributed by atoms with van der Waals surface area (Å²) in [5.41, 5.74) is 4.61. The number of hydrogen-bond acceptors (Lipinski definition) is 6. The Hall–Kier alpha value is -2.87. The smallest absolute Gasteiger partial charge is 0.344 e. The van der Waals surface area contributed by atoms with Crippen LogP contribution in [0.5, 0.6) is 11.5 Å². The maximum absolute atomic E-state index is 12.2. The molecule has 154 valence electrons. The van der Waals surface area contributed by atoms with Gasteiger partial charge in [0.25, 0.3) is 5.91 Å². The monoisotopic (exact) mass is 462 g/mol. The Labute approximate surface area is 178 Å². The second-order valence-corrected chi connectivity index (χ2v) is 6.73. The highest BCUT2D eigenvalue weighted by Crippen LogP contribution is 2.36. The molecule has 29 heavy (non-hydrogen) atoms. The molecule has 0 aromatic heterocycles. The fourth-order valence-electron chi connectivity index (χ4n) is 2.45. The van der Waals surface area contributed by atoms with E-state index in [1.807, 2.05) is 26.0 Å². The number of nitrogens with one attached hydrogen (secondary N) is 1. The van der Waals surface area contributed by atoms with Crippen molar-refractivity contribution in [1.29, 1.82) is 0 Å². The lowest BCUT2D eigenvalue weighted by atomic mass is 10.1. The molecule has 0 aliphatic heterocycles. The number of aryl methyl sites for hydroxylation is 1. The molecule has 1 amide bonds. The van der Waals surface area contributed by atoms with Crippen molar-refractivity contribution in [2.24, 2.45) is 5.10 Å². The number of carbonyl (C=O) groups excluding carboxylic acids is 2. The fraction of sp³-hybridized carbons (Fsp3) is 0.286. The summed E-state index contributed by atoms with van der Waals surface area (Å²) in [6.07, 6.45) is 1.50. The molecule has 2 aromatic rings. The van der Waals surface area contributed by atoms with E-state index in [1.165, 1.54) is 6.21 Å². The van der Waals surface area contributed by atoms with E-state index in [0.29, 0.717) is 33.7 Å². The molecule has 7 nitrogen and oxygen atoms in total. The second-order valence-electron chi connectivity index (χ2n) is 5.87. The number of esters is 1. The van der Waals surface area contributed by atoms with Gasteiger partial charge in [0.05, 0.1) is 23.9 Å². The molecule has 0 unspecified atom stereocenters. The van der Waals surface area contributed by atoms with E-state index in [9.17, 15) is 9.59 Å². The third kappa shape index (κ3) is 6.60. The highest BCUT2D eigenvalue weighted by Gasteiger charge is 2.14. The van der Waals surface area contributed by atoms with Crippen molar-refractivity contribution in [2.45, 2.75) is 20.8 Å². The molecule has 0 radical (unpaired) electrons. The summed E-state index contributed by atoms with van der Waals surface area (Å²) in [7, 11) is 0. The number of ether oxygens (including phenoxy) is 3. The van der Waals surface area contributed by atoms with Crippen molar-refractivity contribution in [3.05, 3.63) is 57.6 Å². The van der Waals surface area contributed by atoms with Gasteiger partial charge in [0.15, 0.2) is 18.1 Å². The van der Waals surface area contributed by atoms with E-state index in [2.05, 4.69) is 26.5 Å². The standard InChI is InChI=1S/C21H23BrN2O5/c1-4-27-18-11-15(10-17(22)20(18)29-13-19(25)28-5-2)12-23-24-21(26)16-9-7-6-8-14(16)3/h6-12H,4-5,13H2,1-3H3,(H,24,26)/b23-12+. The van der Waals surface area contributed by atoms with Gasteiger partial charge >= 0.3 is 5.97 Å². The van der Waals surface area contributed by atoms with Crippen molar-refractivity contribution in [1.82, 2.24) is 5.43 Å². The summed E-state index contributed by atoms with van der Waals surface area (Å²) in [5.74, 6) is 0.0723. The lowest BCUT2D eigenvalue weighted by Gasteiger charge is -2.14. The molecule has 1 N–H and O–H groups in total. The Morgan fingerprint density at radius 3 is 2.59 bits per heavy atom. The minimum atomic E-state index is -0.466. The topological polar surface area (TPSA) is 86.2 Å². The van der Waals surface area contributed by atoms with E-state index in [1.54, 1.807) is 31.2 Å². The Morgan fingerprint density at radius 2 is 1.90 bits per heavy atom. The number of benzene rings is 2. The molecule has 0 saturated carbocycles. The van der Waals surface area contributed by atoms with E-state index >= 15 is 0 Å². The Kier molecular flexibility index (Phi) is 8.67. The van der Waals surface area contributed by atoms with E-state index in [-0.39, 0.29) is 19.1 Å². The van der Waals surface area contributed by atoms with Crippen LogP contribution in [0.4, 0.5) is 0 Å². The van der Waals surface area contributed by atoms with Gasteiger partial charge in [-0.2, -0.15) is 5.10 Å². The van der Waals surface area contributed by atoms with Crippen LogP contribution in [0.1, 0.15) is 35.3 Å². The van der Waals surface area contributed by atoms with Gasteiger partial charge in [0.2, 0.25) is 0 Å². The lowest BCUT2D eigenvalue weighted by molar-refractivity contribution is -0.145. The van der Waals surface area contributed by atoms with Crippen LogP contribution in [0.15, 0.2) is 46.0 Å². The highest BCUT2D eigenvalue weighted by molar-refractivity contribution is 9.10. The molecule has 0 aliphatic carbocycles. The van der Waals surface area contributed by atoms with E-state index in [0.717, 1.165) is 5.56 Å². The van der Waals surface area contributed by atoms with Crippen LogP contribution in [0.25, 0.3) is 0 Å². The van der Waals surface area contributed by atoms with Gasteiger partial charge in [-0.05, 0) is 66.0 Å². The number of carbonyl (C=O) groups is 2. The molecule has 0 atom stereocenters. The molecule has 8 heteroatoms. The zero-order chi connectivity index (χ0) is 21.2. The zero-order valence-electron chi connectivity index (χ0n) is 16.5. The van der Waals surface area contributed by atoms with Gasteiger partial charge in [-0.1, -0.05) is 18.2 Å². The first kappa shape index (κ1) is 22.4. The quantitative estimate of drug-likeness (QED) is 0.347. The van der Waals surface area contributed by atoms with Crippen LogP contribution in [0, 0.1) is 6.92 Å². The Bertz CT molecular complexity index is 899. The summed E-state index contributed by atoms with van der Waals surface area (Å²) in [6, 6.07) is 10.7. The molecular formula is C21H23BrN2O5. The molecule has 2 aromatic carbocycles. The predicted octanol–water partition coefficient (Wildman–Crippen LogP) is 3.86. The van der Waals surface area contributed by atoms with Gasteiger partial charge in [-0.15, -0.1) is 0 Å². The van der Waals surface area contributed by atoms with Crippen LogP contribution in [-0.2, 0) is 9.53 Å². The van der Waals surface area contributed by atoms with Crippen molar-refractivity contribution in [2.75, 3.05) is 19.8 Å². The Morgan fingerprint density at radius 1 is 1.14 bits per heavy atom. The third-order valence-electron chi connectivity index (χ3n) is 3.74. The van der Waals surface area contributed by atoms with Crippen molar-refractivity contribution in [3.63, 3.8) is 0 Å². The van der Waals surface area contributed by atoms with Gasteiger partial charge < -0.3 is 14.2 Å². The second kappa shape index (κ2) is 11.2. The number of hydrazone groups is 1. The first-order valence-corrected chi connectivity index (χ1v) is 9.89. The van der Waals surface area contributed by atoms with Crippen LogP contribution in [-0.4, -0.2) is 37.9 Å². The average molecular weight is 463 g/mol. The van der Waals surface area contributed by atoms with Crippen molar-refractivity contribution < 1.29 is 23.8 Å². The van der Waals surface area contributed by atoms with Crippen molar-refractivity contribution in [3.8, 4) is 11.5 Å². The summed E-state index contributed by atoms with van der Waals surface area (Å²) < 4.78 is 16.6. The molecule has 0 fully saturated rings. The third-order valence-corrected chi connectivity index (χ3v) is 4.33. The van der Waals surface area contributed by atoms with Crippen molar-refractivity contribution >= 4 is 34.0 Å². The van der Waals surface area contributed by atoms with Crippen LogP contribution in [0.3, 0.4) is 0 Å². The highest BCUT2D eigenvalue weighted by atomic mass is 79.9. The number of hydrogen-bond donors (Lipinski definition) is 1. The average Bonchev–Trinajstić information content (AvgIpc) is 2.68. The summed E-state index contributed by atoms with van der Waals surface area (Å²) >= 11 is 3.42. The zero-order valence-corrected chi connectivity index (χ0v) is 18.1. The van der Waals surface area contributed by atoms with Crippen LogP contribution in [0.2, 0.25) is 0 Å². The minimum absolute atomic E-state index is 0.230. The minimum Gasteiger partial charge on any atom is -0.490 e. The summed E-state index contributed by atoms with van der Waals surface area (Å²) in [5, 5.41) is 4.01. The first-order valence-electron chi connectivity index (χ1n) is 9.10. The van der Waals surface area contributed by atoms with Gasteiger partial charge in [0.1, 0.15) is 0 Å². The number of halogens is 1. The Balaban J connectivity index is 2.12. The molecule has 0 saturated heterocycles. The largest absolute Gasteiger partial charge is 0.490 e. The SMILES string of the molecule is CCOC(=O)COc1c(Br)cc(/C=N/NC(=O)c2ccccc2C)cc1OCC. The molecule has 2 rings (SSSR count). The van der Waals surface area contributed by atoms with Gasteiger partial charge in [-0.25, -0.2) is 10.2 Å². The normalized spacial score (nSPS) is 10.6. The number of amides is 1. The lowest BCUT2D eigenvalue weighted by Crippen LogP contribution is -2.18. The van der Waals surface area contributed by atoms with Gasteiger partial charge in [0, 0.05) is 5.56 Å². The molecular weight excluding hydrogens is 440 g/mol. The molecule has 0 spiro atoms. The summed E-state index contributed by atoms with van der Waals surface area (Å²) in [6.45, 7) is 5.89. The first-order chi connectivity index (χ1) is 14.0. The number of rotatable bonds is 9. The maximum atomic E-state index is 12.2. The predicted molar refractivity (Wildman–Crippen MR) is 114 cm³/mol. The van der Waals surface area contributed by atoms with Crippen LogP contribution < -0.4 is 14.9 Å². The fourth-order valence-corrected chi connectivity index (χ4v) is 3.03. The van der Waals surface area contributed by atoms with Gasteiger partial charge in [-0.3, -0.25) is 4.79 Å². The van der Waals surface area contributed by atoms with E-state index < -0.39 is 5.97 Å². The van der Waals surface area contributed by atoms with Crippen LogP contribution >= 0.6 is 15.9 Å². The molecule has 0 bridgehead atoms.